The van der Waals surface area contributed by atoms with Crippen molar-refractivity contribution in [3.05, 3.63) is 0 Å². The maximum atomic E-state index is 11.6. The first kappa shape index (κ1) is 20.7. The Labute approximate surface area is 135 Å². The van der Waals surface area contributed by atoms with Crippen molar-refractivity contribution in [3.8, 4) is 0 Å². The van der Waals surface area contributed by atoms with Crippen LogP contribution in [0.4, 0.5) is 4.79 Å². The number of unbranched alkanes of at least 4 members (excludes halogenated alkanes) is 8. The van der Waals surface area contributed by atoms with E-state index in [-0.39, 0.29) is 6.61 Å². The van der Waals surface area contributed by atoms with Gasteiger partial charge in [-0.15, -0.1) is 0 Å². The topological polar surface area (TPSA) is 64.6 Å². The molecule has 5 heteroatoms. The average molecular weight is 315 g/mol. The molecule has 0 aromatic heterocycles. The Morgan fingerprint density at radius 1 is 0.864 bits per heavy atom. The summed E-state index contributed by atoms with van der Waals surface area (Å²) in [4.78, 5) is 22.8. The fourth-order valence-electron chi connectivity index (χ4n) is 2.12. The molecule has 1 N–H and O–H groups in total. The SMILES string of the molecule is CCCCCCCCCCCOC(=O)C(C)NC(=O)OCC. The van der Waals surface area contributed by atoms with Gasteiger partial charge in [0.2, 0.25) is 0 Å². The predicted molar refractivity (Wildman–Crippen MR) is 87.8 cm³/mol. The van der Waals surface area contributed by atoms with Crippen LogP contribution in [-0.2, 0) is 14.3 Å². The lowest BCUT2D eigenvalue weighted by Crippen LogP contribution is -2.39. The van der Waals surface area contributed by atoms with Crippen LogP contribution in [0, 0.1) is 0 Å². The van der Waals surface area contributed by atoms with Crippen molar-refractivity contribution in [2.45, 2.75) is 84.6 Å². The second kappa shape index (κ2) is 14.7. The van der Waals surface area contributed by atoms with Crippen molar-refractivity contribution in [2.75, 3.05) is 13.2 Å². The van der Waals surface area contributed by atoms with E-state index in [0.717, 1.165) is 12.8 Å². The highest BCUT2D eigenvalue weighted by Crippen LogP contribution is 2.09. The summed E-state index contributed by atoms with van der Waals surface area (Å²) in [5.74, 6) is -0.410. The minimum absolute atomic E-state index is 0.284. The molecule has 0 fully saturated rings. The summed E-state index contributed by atoms with van der Waals surface area (Å²) in [5.41, 5.74) is 0. The molecule has 1 unspecified atom stereocenters. The molecule has 0 saturated carbocycles. The Hall–Kier alpha value is -1.26. The summed E-state index contributed by atoms with van der Waals surface area (Å²) < 4.78 is 9.84. The highest BCUT2D eigenvalue weighted by atomic mass is 16.6. The van der Waals surface area contributed by atoms with E-state index >= 15 is 0 Å². The highest BCUT2D eigenvalue weighted by molar-refractivity contribution is 5.80. The first-order chi connectivity index (χ1) is 10.6. The van der Waals surface area contributed by atoms with Gasteiger partial charge in [0.05, 0.1) is 13.2 Å². The first-order valence-electron chi connectivity index (χ1n) is 8.71. The Balaban J connectivity index is 3.43. The number of rotatable bonds is 13. The second-order valence-electron chi connectivity index (χ2n) is 5.58. The Morgan fingerprint density at radius 2 is 1.41 bits per heavy atom. The van der Waals surface area contributed by atoms with Crippen molar-refractivity contribution >= 4 is 12.1 Å². The molecule has 0 aromatic rings. The van der Waals surface area contributed by atoms with Crippen LogP contribution in [0.15, 0.2) is 0 Å². The maximum Gasteiger partial charge on any atom is 0.407 e. The summed E-state index contributed by atoms with van der Waals surface area (Å²) in [5, 5.41) is 2.43. The molecule has 0 aliphatic rings. The molecule has 130 valence electrons. The minimum atomic E-state index is -0.669. The Bertz CT molecular complexity index is 294. The van der Waals surface area contributed by atoms with Gasteiger partial charge in [0.15, 0.2) is 0 Å². The van der Waals surface area contributed by atoms with Gasteiger partial charge in [0, 0.05) is 0 Å². The molecular weight excluding hydrogens is 282 g/mol. The fourth-order valence-corrected chi connectivity index (χ4v) is 2.12. The molecule has 0 saturated heterocycles. The largest absolute Gasteiger partial charge is 0.464 e. The average Bonchev–Trinajstić information content (AvgIpc) is 2.49. The van der Waals surface area contributed by atoms with E-state index < -0.39 is 18.1 Å². The highest BCUT2D eigenvalue weighted by Gasteiger charge is 2.17. The lowest BCUT2D eigenvalue weighted by Gasteiger charge is -2.13. The summed E-state index contributed by atoms with van der Waals surface area (Å²) in [7, 11) is 0. The molecule has 0 aliphatic heterocycles. The van der Waals surface area contributed by atoms with Gasteiger partial charge < -0.3 is 14.8 Å². The van der Waals surface area contributed by atoms with Gasteiger partial charge in [-0.25, -0.2) is 9.59 Å². The molecule has 5 nitrogen and oxygen atoms in total. The van der Waals surface area contributed by atoms with Gasteiger partial charge >= 0.3 is 12.1 Å². The third kappa shape index (κ3) is 12.5. The van der Waals surface area contributed by atoms with Crippen LogP contribution in [0.5, 0.6) is 0 Å². The maximum absolute atomic E-state index is 11.6. The first-order valence-corrected chi connectivity index (χ1v) is 8.71. The number of amides is 1. The van der Waals surface area contributed by atoms with Gasteiger partial charge in [0.25, 0.3) is 0 Å². The van der Waals surface area contributed by atoms with Crippen LogP contribution < -0.4 is 5.32 Å². The van der Waals surface area contributed by atoms with Crippen LogP contribution in [-0.4, -0.2) is 31.3 Å². The number of esters is 1. The predicted octanol–water partition coefficient (Wildman–Crippen LogP) is 4.20. The van der Waals surface area contributed by atoms with Gasteiger partial charge in [0.1, 0.15) is 6.04 Å². The Kier molecular flexibility index (Phi) is 13.8. The zero-order valence-corrected chi connectivity index (χ0v) is 14.5. The molecule has 1 atom stereocenters. The smallest absolute Gasteiger partial charge is 0.407 e. The molecule has 1 amide bonds. The molecule has 0 radical (unpaired) electrons. The number of hydrogen-bond acceptors (Lipinski definition) is 4. The van der Waals surface area contributed by atoms with E-state index in [0.29, 0.717) is 6.61 Å². The normalized spacial score (nSPS) is 11.8. The number of carbonyl (C=O) groups excluding carboxylic acids is 2. The lowest BCUT2D eigenvalue weighted by atomic mass is 10.1. The fraction of sp³-hybridized carbons (Fsp3) is 0.882. The number of alkyl carbamates (subject to hydrolysis) is 1. The summed E-state index contributed by atoms with van der Waals surface area (Å²) in [6.07, 6.45) is 10.4. The number of nitrogens with one attached hydrogen (secondary N) is 1. The molecule has 22 heavy (non-hydrogen) atoms. The van der Waals surface area contributed by atoms with Crippen molar-refractivity contribution in [2.24, 2.45) is 0 Å². The molecule has 0 bridgehead atoms. The van der Waals surface area contributed by atoms with Gasteiger partial charge in [-0.1, -0.05) is 58.3 Å². The third-order valence-electron chi connectivity index (χ3n) is 3.46. The van der Waals surface area contributed by atoms with Crippen LogP contribution in [0.3, 0.4) is 0 Å². The number of ether oxygens (including phenoxy) is 2. The van der Waals surface area contributed by atoms with E-state index in [9.17, 15) is 9.59 Å². The van der Waals surface area contributed by atoms with Crippen molar-refractivity contribution < 1.29 is 19.1 Å². The van der Waals surface area contributed by atoms with E-state index in [1.807, 2.05) is 0 Å². The van der Waals surface area contributed by atoms with Gasteiger partial charge in [-0.3, -0.25) is 0 Å². The van der Waals surface area contributed by atoms with Crippen LogP contribution in [0.2, 0.25) is 0 Å². The zero-order valence-electron chi connectivity index (χ0n) is 14.5. The lowest BCUT2D eigenvalue weighted by molar-refractivity contribution is -0.145. The monoisotopic (exact) mass is 315 g/mol. The molecule has 0 aliphatic carbocycles. The van der Waals surface area contributed by atoms with E-state index in [1.54, 1.807) is 13.8 Å². The summed E-state index contributed by atoms with van der Waals surface area (Å²) in [6, 6.07) is -0.669. The van der Waals surface area contributed by atoms with Crippen LogP contribution in [0.1, 0.15) is 78.6 Å². The van der Waals surface area contributed by atoms with Crippen LogP contribution >= 0.6 is 0 Å². The van der Waals surface area contributed by atoms with Crippen molar-refractivity contribution in [1.29, 1.82) is 0 Å². The van der Waals surface area contributed by atoms with E-state index in [4.69, 9.17) is 9.47 Å². The quantitative estimate of drug-likeness (QED) is 0.409. The summed E-state index contributed by atoms with van der Waals surface area (Å²) >= 11 is 0. The van der Waals surface area contributed by atoms with E-state index in [1.165, 1.54) is 44.9 Å². The molecular formula is C17H33NO4. The molecule has 0 heterocycles. The minimum Gasteiger partial charge on any atom is -0.464 e. The van der Waals surface area contributed by atoms with E-state index in [2.05, 4.69) is 12.2 Å². The number of carbonyl (C=O) groups is 2. The van der Waals surface area contributed by atoms with Crippen molar-refractivity contribution in [1.82, 2.24) is 5.32 Å². The Morgan fingerprint density at radius 3 is 1.95 bits per heavy atom. The molecule has 0 rings (SSSR count). The standard InChI is InChI=1S/C17H33NO4/c1-4-6-7-8-9-10-11-12-13-14-22-16(19)15(3)18-17(20)21-5-2/h15H,4-14H2,1-3H3,(H,18,20). The van der Waals surface area contributed by atoms with Gasteiger partial charge in [-0.05, 0) is 20.3 Å². The number of hydrogen-bond donors (Lipinski definition) is 1. The van der Waals surface area contributed by atoms with Gasteiger partial charge in [-0.2, -0.15) is 0 Å². The summed E-state index contributed by atoms with van der Waals surface area (Å²) in [6.45, 7) is 6.24. The zero-order chi connectivity index (χ0) is 16.6. The second-order valence-corrected chi connectivity index (χ2v) is 5.58. The molecule has 0 aromatic carbocycles. The van der Waals surface area contributed by atoms with Crippen LogP contribution in [0.25, 0.3) is 0 Å². The van der Waals surface area contributed by atoms with Crippen molar-refractivity contribution in [3.63, 3.8) is 0 Å². The molecule has 0 spiro atoms. The third-order valence-corrected chi connectivity index (χ3v) is 3.46.